The molecule has 3 aromatic rings. The summed E-state index contributed by atoms with van der Waals surface area (Å²) in [6.45, 7) is 0.540. The molecular weight excluding hydrogens is 308 g/mol. The molecule has 5 nitrogen and oxygen atoms in total. The Bertz CT molecular complexity index is 838. The molecule has 1 N–H and O–H groups in total. The zero-order chi connectivity index (χ0) is 15.6. The summed E-state index contributed by atoms with van der Waals surface area (Å²) in [6, 6.07) is 4.00. The van der Waals surface area contributed by atoms with E-state index in [4.69, 9.17) is 0 Å². The van der Waals surface area contributed by atoms with E-state index in [1.54, 1.807) is 17.5 Å². The fourth-order valence-electron chi connectivity index (χ4n) is 3.11. The second kappa shape index (κ2) is 6.12. The molecule has 0 bridgehead atoms. The van der Waals surface area contributed by atoms with Gasteiger partial charge in [-0.3, -0.25) is 4.79 Å². The molecule has 23 heavy (non-hydrogen) atoms. The molecule has 4 rings (SSSR count). The third-order valence-corrected chi connectivity index (χ3v) is 5.20. The molecule has 118 valence electrons. The predicted molar refractivity (Wildman–Crippen MR) is 89.7 cm³/mol. The molecule has 6 heteroatoms. The van der Waals surface area contributed by atoms with Gasteiger partial charge < -0.3 is 5.32 Å². The Morgan fingerprint density at radius 3 is 3.04 bits per heavy atom. The van der Waals surface area contributed by atoms with E-state index in [9.17, 15) is 4.79 Å². The number of fused-ring (bicyclic) bond motifs is 3. The average molecular weight is 326 g/mol. The number of nitrogens with zero attached hydrogens (tertiary/aromatic N) is 3. The van der Waals surface area contributed by atoms with Gasteiger partial charge in [0, 0.05) is 16.8 Å². The molecule has 0 saturated carbocycles. The zero-order valence-corrected chi connectivity index (χ0v) is 13.6. The van der Waals surface area contributed by atoms with Crippen LogP contribution < -0.4 is 5.32 Å². The summed E-state index contributed by atoms with van der Waals surface area (Å²) in [7, 11) is 0. The number of carbonyl (C=O) groups is 1. The number of hydrogen-bond donors (Lipinski definition) is 1. The van der Waals surface area contributed by atoms with Crippen molar-refractivity contribution in [3.05, 3.63) is 51.6 Å². The number of aryl methyl sites for hydroxylation is 2. The molecule has 0 fully saturated rings. The van der Waals surface area contributed by atoms with Crippen LogP contribution in [0, 0.1) is 0 Å². The van der Waals surface area contributed by atoms with E-state index >= 15 is 0 Å². The van der Waals surface area contributed by atoms with Crippen LogP contribution in [0.25, 0.3) is 5.65 Å². The second-order valence-electron chi connectivity index (χ2n) is 5.85. The van der Waals surface area contributed by atoms with Crippen molar-refractivity contribution in [2.75, 3.05) is 0 Å². The quantitative estimate of drug-likeness (QED) is 0.753. The summed E-state index contributed by atoms with van der Waals surface area (Å²) >= 11 is 1.64. The molecule has 1 aliphatic rings. The van der Waals surface area contributed by atoms with Gasteiger partial charge in [-0.1, -0.05) is 12.5 Å². The number of carbonyl (C=O) groups excluding carboxylic acids is 1. The normalized spacial score (nSPS) is 14.4. The Morgan fingerprint density at radius 1 is 1.26 bits per heavy atom. The minimum atomic E-state index is -0.116. The van der Waals surface area contributed by atoms with Crippen LogP contribution in [-0.4, -0.2) is 20.5 Å². The lowest BCUT2D eigenvalue weighted by Crippen LogP contribution is -2.22. The van der Waals surface area contributed by atoms with Gasteiger partial charge in [-0.25, -0.2) is 9.50 Å². The lowest BCUT2D eigenvalue weighted by Gasteiger charge is -2.08. The molecule has 0 saturated heterocycles. The van der Waals surface area contributed by atoms with Gasteiger partial charge in [-0.05, 0) is 42.7 Å². The van der Waals surface area contributed by atoms with Crippen LogP contribution in [0.15, 0.2) is 29.9 Å². The molecule has 1 aliphatic carbocycles. The summed E-state index contributed by atoms with van der Waals surface area (Å²) in [4.78, 5) is 18.1. The van der Waals surface area contributed by atoms with Crippen molar-refractivity contribution in [1.29, 1.82) is 0 Å². The van der Waals surface area contributed by atoms with Crippen molar-refractivity contribution in [2.45, 2.75) is 38.6 Å². The average Bonchev–Trinajstić information content (AvgIpc) is 3.17. The summed E-state index contributed by atoms with van der Waals surface area (Å²) in [5.74, 6) is -0.116. The minimum Gasteiger partial charge on any atom is -0.347 e. The molecular formula is C17H18N4OS. The molecule has 1 amide bonds. The summed E-state index contributed by atoms with van der Waals surface area (Å²) in [6.07, 6.45) is 9.24. The van der Waals surface area contributed by atoms with Crippen molar-refractivity contribution in [3.63, 3.8) is 0 Å². The SMILES string of the molecule is O=C(NCc1cccs1)c1cnn2c3c(cnc12)CCCCC3. The van der Waals surface area contributed by atoms with Crippen LogP contribution in [0.2, 0.25) is 0 Å². The van der Waals surface area contributed by atoms with Gasteiger partial charge in [0.1, 0.15) is 5.56 Å². The van der Waals surface area contributed by atoms with E-state index in [1.165, 1.54) is 30.5 Å². The largest absolute Gasteiger partial charge is 0.347 e. The smallest absolute Gasteiger partial charge is 0.257 e. The highest BCUT2D eigenvalue weighted by Crippen LogP contribution is 2.22. The highest BCUT2D eigenvalue weighted by atomic mass is 32.1. The first kappa shape index (κ1) is 14.4. The third kappa shape index (κ3) is 2.74. The Morgan fingerprint density at radius 2 is 2.17 bits per heavy atom. The van der Waals surface area contributed by atoms with Gasteiger partial charge >= 0.3 is 0 Å². The van der Waals surface area contributed by atoms with E-state index < -0.39 is 0 Å². The Hall–Kier alpha value is -2.21. The summed E-state index contributed by atoms with van der Waals surface area (Å²) in [5, 5.41) is 9.39. The number of nitrogens with one attached hydrogen (secondary N) is 1. The number of thiophene rings is 1. The molecule has 0 aromatic carbocycles. The maximum Gasteiger partial charge on any atom is 0.257 e. The van der Waals surface area contributed by atoms with E-state index in [-0.39, 0.29) is 5.91 Å². The van der Waals surface area contributed by atoms with E-state index in [1.807, 2.05) is 28.2 Å². The predicted octanol–water partition coefficient (Wildman–Crippen LogP) is 2.99. The van der Waals surface area contributed by atoms with Gasteiger partial charge in [0.2, 0.25) is 0 Å². The zero-order valence-electron chi connectivity index (χ0n) is 12.8. The van der Waals surface area contributed by atoms with Crippen LogP contribution in [0.1, 0.15) is 45.8 Å². The highest BCUT2D eigenvalue weighted by Gasteiger charge is 2.18. The van der Waals surface area contributed by atoms with Crippen LogP contribution in [-0.2, 0) is 19.4 Å². The van der Waals surface area contributed by atoms with E-state index in [0.717, 1.165) is 17.7 Å². The van der Waals surface area contributed by atoms with E-state index in [2.05, 4.69) is 15.4 Å². The Kier molecular flexibility index (Phi) is 3.83. The van der Waals surface area contributed by atoms with Crippen molar-refractivity contribution in [2.24, 2.45) is 0 Å². The maximum absolute atomic E-state index is 12.5. The maximum atomic E-state index is 12.5. The number of amides is 1. The minimum absolute atomic E-state index is 0.116. The van der Waals surface area contributed by atoms with Crippen LogP contribution in [0.5, 0.6) is 0 Å². The number of aromatic nitrogens is 3. The van der Waals surface area contributed by atoms with Crippen molar-refractivity contribution >= 4 is 22.9 Å². The van der Waals surface area contributed by atoms with Crippen molar-refractivity contribution in [1.82, 2.24) is 19.9 Å². The molecule has 0 unspecified atom stereocenters. The topological polar surface area (TPSA) is 59.3 Å². The highest BCUT2D eigenvalue weighted by molar-refractivity contribution is 7.09. The standard InChI is InChI=1S/C17H18N4OS/c22-17(19-10-13-6-4-8-23-13)14-11-20-21-15-7-3-1-2-5-12(15)9-18-16(14)21/h4,6,8-9,11H,1-3,5,7,10H2,(H,19,22). The summed E-state index contributed by atoms with van der Waals surface area (Å²) < 4.78 is 1.86. The number of hydrogen-bond acceptors (Lipinski definition) is 4. The lowest BCUT2D eigenvalue weighted by molar-refractivity contribution is 0.0952. The fraction of sp³-hybridized carbons (Fsp3) is 0.353. The van der Waals surface area contributed by atoms with Gasteiger partial charge in [-0.15, -0.1) is 11.3 Å². The van der Waals surface area contributed by atoms with Gasteiger partial charge in [0.25, 0.3) is 5.91 Å². The fourth-order valence-corrected chi connectivity index (χ4v) is 3.75. The van der Waals surface area contributed by atoms with Crippen molar-refractivity contribution < 1.29 is 4.79 Å². The molecule has 0 aliphatic heterocycles. The molecule has 3 heterocycles. The second-order valence-corrected chi connectivity index (χ2v) is 6.88. The molecule has 3 aromatic heterocycles. The first-order valence-electron chi connectivity index (χ1n) is 7.98. The van der Waals surface area contributed by atoms with Gasteiger partial charge in [0.05, 0.1) is 12.7 Å². The first-order chi connectivity index (χ1) is 11.3. The monoisotopic (exact) mass is 326 g/mol. The first-order valence-corrected chi connectivity index (χ1v) is 8.86. The Labute approximate surface area is 138 Å². The van der Waals surface area contributed by atoms with Gasteiger partial charge in [-0.2, -0.15) is 5.10 Å². The number of rotatable bonds is 3. The van der Waals surface area contributed by atoms with Crippen LogP contribution >= 0.6 is 11.3 Å². The van der Waals surface area contributed by atoms with E-state index in [0.29, 0.717) is 17.8 Å². The molecule has 0 atom stereocenters. The Balaban J connectivity index is 1.63. The lowest BCUT2D eigenvalue weighted by atomic mass is 10.1. The van der Waals surface area contributed by atoms with Crippen LogP contribution in [0.4, 0.5) is 0 Å². The van der Waals surface area contributed by atoms with Crippen LogP contribution in [0.3, 0.4) is 0 Å². The van der Waals surface area contributed by atoms with Crippen molar-refractivity contribution in [3.8, 4) is 0 Å². The van der Waals surface area contributed by atoms with Gasteiger partial charge in [0.15, 0.2) is 5.65 Å². The molecule has 0 spiro atoms. The third-order valence-electron chi connectivity index (χ3n) is 4.32. The summed E-state index contributed by atoms with van der Waals surface area (Å²) in [5.41, 5.74) is 3.69. The molecule has 0 radical (unpaired) electrons.